The molecule has 0 aromatic heterocycles. The van der Waals surface area contributed by atoms with Crippen molar-refractivity contribution in [1.82, 2.24) is 9.21 Å². The van der Waals surface area contributed by atoms with Crippen molar-refractivity contribution in [3.8, 4) is 0 Å². The highest BCUT2D eigenvalue weighted by molar-refractivity contribution is 8.00. The Morgan fingerprint density at radius 2 is 1.80 bits per heavy atom. The van der Waals surface area contributed by atoms with E-state index in [0.717, 1.165) is 11.3 Å². The minimum absolute atomic E-state index is 0.0604. The summed E-state index contributed by atoms with van der Waals surface area (Å²) in [4.78, 5) is 14.2. The molecular weight excluding hydrogens is 356 g/mol. The van der Waals surface area contributed by atoms with Gasteiger partial charge in [0.15, 0.2) is 0 Å². The highest BCUT2D eigenvalue weighted by Crippen LogP contribution is 2.21. The summed E-state index contributed by atoms with van der Waals surface area (Å²) in [6.45, 7) is 9.35. The van der Waals surface area contributed by atoms with Gasteiger partial charge in [0.05, 0.1) is 10.6 Å². The molecule has 5 nitrogen and oxygen atoms in total. The standard InChI is InChI=1S/C18H26N2O3S2/c1-4-13-24-14-18(21)19-9-11-20(12-10-19)25(22,23)17-7-5-16(6-8-17)15(2)3/h4-8,15H,1,9-14H2,2-3H3. The Bertz CT molecular complexity index is 692. The fourth-order valence-electron chi connectivity index (χ4n) is 2.67. The number of thioether (sulfide) groups is 1. The van der Waals surface area contributed by atoms with Crippen LogP contribution in [-0.2, 0) is 14.8 Å². The second-order valence-corrected chi connectivity index (χ2v) is 9.28. The Morgan fingerprint density at radius 1 is 1.20 bits per heavy atom. The summed E-state index contributed by atoms with van der Waals surface area (Å²) < 4.78 is 27.0. The Kier molecular flexibility index (Phi) is 7.10. The van der Waals surface area contributed by atoms with E-state index in [2.05, 4.69) is 20.4 Å². The summed E-state index contributed by atoms with van der Waals surface area (Å²) in [6, 6.07) is 7.09. The van der Waals surface area contributed by atoms with E-state index >= 15 is 0 Å². The molecule has 1 aromatic rings. The minimum Gasteiger partial charge on any atom is -0.339 e. The first-order chi connectivity index (χ1) is 11.9. The minimum atomic E-state index is -3.50. The number of nitrogens with zero attached hydrogens (tertiary/aromatic N) is 2. The first kappa shape index (κ1) is 20.0. The number of hydrogen-bond acceptors (Lipinski definition) is 4. The molecule has 1 aliphatic rings. The number of sulfonamides is 1. The van der Waals surface area contributed by atoms with E-state index in [1.165, 1.54) is 16.1 Å². The molecular formula is C18H26N2O3S2. The van der Waals surface area contributed by atoms with Crippen molar-refractivity contribution in [3.05, 3.63) is 42.5 Å². The predicted octanol–water partition coefficient (Wildman–Crippen LogP) is 2.56. The molecule has 0 spiro atoms. The van der Waals surface area contributed by atoms with Gasteiger partial charge in [-0.1, -0.05) is 32.1 Å². The fraction of sp³-hybridized carbons (Fsp3) is 0.500. The van der Waals surface area contributed by atoms with Gasteiger partial charge in [-0.05, 0) is 23.6 Å². The van der Waals surface area contributed by atoms with Crippen LogP contribution in [-0.4, -0.2) is 61.2 Å². The molecule has 1 saturated heterocycles. The van der Waals surface area contributed by atoms with Gasteiger partial charge < -0.3 is 4.90 Å². The molecule has 7 heteroatoms. The average molecular weight is 383 g/mol. The van der Waals surface area contributed by atoms with Gasteiger partial charge in [0.2, 0.25) is 15.9 Å². The maximum absolute atomic E-state index is 12.8. The second kappa shape index (κ2) is 8.87. The molecule has 1 amide bonds. The van der Waals surface area contributed by atoms with Crippen LogP contribution < -0.4 is 0 Å². The maximum Gasteiger partial charge on any atom is 0.243 e. The van der Waals surface area contributed by atoms with Crippen molar-refractivity contribution in [2.45, 2.75) is 24.7 Å². The van der Waals surface area contributed by atoms with Crippen molar-refractivity contribution in [2.24, 2.45) is 0 Å². The van der Waals surface area contributed by atoms with Crippen LogP contribution in [0.3, 0.4) is 0 Å². The van der Waals surface area contributed by atoms with Gasteiger partial charge in [0, 0.05) is 31.9 Å². The Hall–Kier alpha value is -1.31. The van der Waals surface area contributed by atoms with Crippen LogP contribution in [0, 0.1) is 0 Å². The molecule has 1 aromatic carbocycles. The van der Waals surface area contributed by atoms with Gasteiger partial charge in [-0.2, -0.15) is 4.31 Å². The molecule has 1 heterocycles. The summed E-state index contributed by atoms with van der Waals surface area (Å²) in [7, 11) is -3.50. The number of rotatable bonds is 7. The first-order valence-electron chi connectivity index (χ1n) is 8.42. The lowest BCUT2D eigenvalue weighted by atomic mass is 10.0. The molecule has 0 atom stereocenters. The molecule has 0 saturated carbocycles. The molecule has 0 radical (unpaired) electrons. The Labute approximate surface area is 155 Å². The normalized spacial score (nSPS) is 16.2. The van der Waals surface area contributed by atoms with E-state index in [0.29, 0.717) is 42.7 Å². The lowest BCUT2D eigenvalue weighted by molar-refractivity contribution is -0.129. The van der Waals surface area contributed by atoms with Gasteiger partial charge in [-0.15, -0.1) is 18.3 Å². The van der Waals surface area contributed by atoms with Crippen LogP contribution in [0.4, 0.5) is 0 Å². The van der Waals surface area contributed by atoms with Crippen LogP contribution in [0.1, 0.15) is 25.3 Å². The summed E-state index contributed by atoms with van der Waals surface area (Å²) in [6.07, 6.45) is 1.77. The molecule has 0 N–H and O–H groups in total. The highest BCUT2D eigenvalue weighted by atomic mass is 32.2. The van der Waals surface area contributed by atoms with Crippen molar-refractivity contribution < 1.29 is 13.2 Å². The monoisotopic (exact) mass is 382 g/mol. The van der Waals surface area contributed by atoms with E-state index < -0.39 is 10.0 Å². The summed E-state index contributed by atoms with van der Waals surface area (Å²) in [5.41, 5.74) is 1.12. The zero-order chi connectivity index (χ0) is 18.4. The number of amides is 1. The summed E-state index contributed by atoms with van der Waals surface area (Å²) >= 11 is 1.52. The molecule has 1 fully saturated rings. The molecule has 25 heavy (non-hydrogen) atoms. The van der Waals surface area contributed by atoms with Crippen LogP contribution in [0.15, 0.2) is 41.8 Å². The number of piperazine rings is 1. The van der Waals surface area contributed by atoms with Gasteiger partial charge in [-0.3, -0.25) is 4.79 Å². The Morgan fingerprint density at radius 3 is 2.32 bits per heavy atom. The first-order valence-corrected chi connectivity index (χ1v) is 11.0. The molecule has 0 bridgehead atoms. The quantitative estimate of drug-likeness (QED) is 0.537. The smallest absolute Gasteiger partial charge is 0.243 e. The van der Waals surface area contributed by atoms with E-state index in [9.17, 15) is 13.2 Å². The zero-order valence-electron chi connectivity index (χ0n) is 14.8. The maximum atomic E-state index is 12.8. The molecule has 138 valence electrons. The van der Waals surface area contributed by atoms with Crippen molar-refractivity contribution >= 4 is 27.7 Å². The van der Waals surface area contributed by atoms with E-state index in [-0.39, 0.29) is 5.91 Å². The van der Waals surface area contributed by atoms with E-state index in [1.807, 2.05) is 12.1 Å². The predicted molar refractivity (Wildman–Crippen MR) is 103 cm³/mol. The number of hydrogen-bond donors (Lipinski definition) is 0. The molecule has 0 unspecified atom stereocenters. The fourth-order valence-corrected chi connectivity index (χ4v) is 4.74. The summed E-state index contributed by atoms with van der Waals surface area (Å²) in [5, 5.41) is 0. The number of carbonyl (C=O) groups is 1. The third-order valence-electron chi connectivity index (χ3n) is 4.24. The van der Waals surface area contributed by atoms with Crippen molar-refractivity contribution in [2.75, 3.05) is 37.7 Å². The lowest BCUT2D eigenvalue weighted by Crippen LogP contribution is -2.51. The molecule has 0 aliphatic carbocycles. The SMILES string of the molecule is C=CCSCC(=O)N1CCN(S(=O)(=O)c2ccc(C(C)C)cc2)CC1. The Balaban J connectivity index is 1.96. The molecule has 1 aliphatic heterocycles. The molecule has 2 rings (SSSR count). The van der Waals surface area contributed by atoms with Crippen molar-refractivity contribution in [3.63, 3.8) is 0 Å². The van der Waals surface area contributed by atoms with E-state index in [1.54, 1.807) is 23.1 Å². The number of benzene rings is 1. The van der Waals surface area contributed by atoms with Crippen LogP contribution in [0.5, 0.6) is 0 Å². The lowest BCUT2D eigenvalue weighted by Gasteiger charge is -2.34. The highest BCUT2D eigenvalue weighted by Gasteiger charge is 2.29. The van der Waals surface area contributed by atoms with E-state index in [4.69, 9.17) is 0 Å². The largest absolute Gasteiger partial charge is 0.339 e. The van der Waals surface area contributed by atoms with Gasteiger partial charge >= 0.3 is 0 Å². The van der Waals surface area contributed by atoms with Gasteiger partial charge in [-0.25, -0.2) is 8.42 Å². The summed E-state index contributed by atoms with van der Waals surface area (Å²) in [5.74, 6) is 1.58. The van der Waals surface area contributed by atoms with Gasteiger partial charge in [0.25, 0.3) is 0 Å². The van der Waals surface area contributed by atoms with Crippen LogP contribution in [0.25, 0.3) is 0 Å². The third-order valence-corrected chi connectivity index (χ3v) is 7.07. The average Bonchev–Trinajstić information content (AvgIpc) is 2.62. The van der Waals surface area contributed by atoms with Crippen LogP contribution >= 0.6 is 11.8 Å². The number of carbonyl (C=O) groups excluding carboxylic acids is 1. The van der Waals surface area contributed by atoms with Crippen LogP contribution in [0.2, 0.25) is 0 Å². The second-order valence-electron chi connectivity index (χ2n) is 6.31. The topological polar surface area (TPSA) is 57.7 Å². The van der Waals surface area contributed by atoms with Crippen molar-refractivity contribution in [1.29, 1.82) is 0 Å². The van der Waals surface area contributed by atoms with Gasteiger partial charge in [0.1, 0.15) is 0 Å². The zero-order valence-corrected chi connectivity index (χ0v) is 16.5. The third kappa shape index (κ3) is 5.09.